The summed E-state index contributed by atoms with van der Waals surface area (Å²) in [6.07, 6.45) is 2.59. The molecule has 0 aliphatic heterocycles. The van der Waals surface area contributed by atoms with E-state index in [0.29, 0.717) is 39.6 Å². The van der Waals surface area contributed by atoms with Crippen molar-refractivity contribution < 1.29 is 25.4 Å². The molecule has 134 valence electrons. The quantitative estimate of drug-likeness (QED) is 0.267. The summed E-state index contributed by atoms with van der Waals surface area (Å²) in [6.45, 7) is 12.2. The summed E-state index contributed by atoms with van der Waals surface area (Å²) in [7, 11) is 0. The first-order chi connectivity index (χ1) is 10.8. The van der Waals surface area contributed by atoms with E-state index in [-0.39, 0.29) is 0 Å². The minimum atomic E-state index is -2.13. The predicted molar refractivity (Wildman–Crippen MR) is 86.9 cm³/mol. The van der Waals surface area contributed by atoms with Crippen LogP contribution < -0.4 is 0 Å². The summed E-state index contributed by atoms with van der Waals surface area (Å²) in [6, 6.07) is 0. The van der Waals surface area contributed by atoms with Crippen molar-refractivity contribution in [2.75, 3.05) is 59.5 Å². The number of rotatable bonds is 18. The average Bonchev–Trinajstić information content (AvgIpc) is 2.53. The first-order valence-corrected chi connectivity index (χ1v) is 10.6. The molecule has 22 heavy (non-hydrogen) atoms. The van der Waals surface area contributed by atoms with Crippen molar-refractivity contribution in [1.29, 1.82) is 0 Å². The minimum absolute atomic E-state index is 0.622. The maximum absolute atomic E-state index is 5.74. The third-order valence-corrected chi connectivity index (χ3v) is 4.98. The molecule has 7 heteroatoms. The van der Waals surface area contributed by atoms with Crippen molar-refractivity contribution in [2.24, 2.45) is 0 Å². The van der Waals surface area contributed by atoms with Gasteiger partial charge in [-0.1, -0.05) is 0 Å². The fourth-order valence-electron chi connectivity index (χ4n) is 1.45. The summed E-state index contributed by atoms with van der Waals surface area (Å²) >= 11 is -2.13. The Morgan fingerprint density at radius 1 is 0.500 bits per heavy atom. The van der Waals surface area contributed by atoms with E-state index < -0.39 is 15.7 Å². The Balaban J connectivity index is 3.72. The van der Waals surface area contributed by atoms with Crippen molar-refractivity contribution >= 4 is 15.7 Å². The molecule has 6 nitrogen and oxygen atoms in total. The van der Waals surface area contributed by atoms with Crippen molar-refractivity contribution in [3.8, 4) is 0 Å². The summed E-state index contributed by atoms with van der Waals surface area (Å²) in [4.78, 5) is 0. The van der Waals surface area contributed by atoms with Crippen LogP contribution in [0.2, 0.25) is 0 Å². The summed E-state index contributed by atoms with van der Waals surface area (Å²) in [5.74, 6) is 0. The molecule has 0 saturated carbocycles. The molecule has 0 aromatic heterocycles. The fourth-order valence-corrected chi connectivity index (χ4v) is 3.67. The van der Waals surface area contributed by atoms with Gasteiger partial charge in [0, 0.05) is 0 Å². The van der Waals surface area contributed by atoms with E-state index in [1.165, 1.54) is 0 Å². The van der Waals surface area contributed by atoms with Crippen molar-refractivity contribution in [2.45, 2.75) is 40.0 Å². The van der Waals surface area contributed by atoms with E-state index >= 15 is 0 Å². The van der Waals surface area contributed by atoms with Crippen LogP contribution in [0, 0.1) is 0 Å². The summed E-state index contributed by atoms with van der Waals surface area (Å²) < 4.78 is 33.1. The second-order valence-corrected chi connectivity index (χ2v) is 6.94. The van der Waals surface area contributed by atoms with Gasteiger partial charge >= 0.3 is 141 Å². The normalized spacial score (nSPS) is 11.5. The van der Waals surface area contributed by atoms with Crippen LogP contribution in [0.4, 0.5) is 0 Å². The SMILES string of the molecule is CCOCCCO[As](OCCCOCC)OCCCOCC. The molecule has 0 rings (SSSR count). The van der Waals surface area contributed by atoms with Gasteiger partial charge in [0.15, 0.2) is 0 Å². The van der Waals surface area contributed by atoms with Crippen LogP contribution in [-0.2, 0) is 25.4 Å². The molecular weight excluding hydrogens is 351 g/mol. The molecule has 0 heterocycles. The molecule has 0 aliphatic rings. The molecule has 0 bridgehead atoms. The molecule has 0 aromatic carbocycles. The second kappa shape index (κ2) is 19.4. The van der Waals surface area contributed by atoms with Crippen LogP contribution >= 0.6 is 0 Å². The van der Waals surface area contributed by atoms with E-state index in [0.717, 1.165) is 39.1 Å². The van der Waals surface area contributed by atoms with Crippen LogP contribution in [0.1, 0.15) is 40.0 Å². The summed E-state index contributed by atoms with van der Waals surface area (Å²) in [5, 5.41) is 0. The van der Waals surface area contributed by atoms with Gasteiger partial charge in [-0.25, -0.2) is 0 Å². The summed E-state index contributed by atoms with van der Waals surface area (Å²) in [5.41, 5.74) is 0. The molecule has 0 aromatic rings. The topological polar surface area (TPSA) is 55.4 Å². The molecule has 0 spiro atoms. The fraction of sp³-hybridized carbons (Fsp3) is 1.00. The van der Waals surface area contributed by atoms with Crippen LogP contribution in [0.5, 0.6) is 0 Å². The zero-order valence-electron chi connectivity index (χ0n) is 14.4. The zero-order chi connectivity index (χ0) is 16.3. The first-order valence-electron chi connectivity index (χ1n) is 8.27. The van der Waals surface area contributed by atoms with Gasteiger partial charge in [0.25, 0.3) is 0 Å². The molecule has 0 unspecified atom stereocenters. The molecule has 0 radical (unpaired) electrons. The third-order valence-electron chi connectivity index (χ3n) is 2.50. The Morgan fingerprint density at radius 2 is 0.818 bits per heavy atom. The molecular formula is C15H33AsO6. The molecule has 0 amide bonds. The van der Waals surface area contributed by atoms with E-state index in [1.807, 2.05) is 20.8 Å². The monoisotopic (exact) mass is 384 g/mol. The van der Waals surface area contributed by atoms with Gasteiger partial charge in [0.05, 0.1) is 0 Å². The van der Waals surface area contributed by atoms with Gasteiger partial charge in [-0.05, 0) is 0 Å². The van der Waals surface area contributed by atoms with Crippen LogP contribution in [0.3, 0.4) is 0 Å². The number of hydrogen-bond acceptors (Lipinski definition) is 6. The number of ether oxygens (including phenoxy) is 3. The molecule has 0 aliphatic carbocycles. The standard InChI is InChI=1S/C15H33AsO6/c1-4-17-10-7-13-20-16(21-14-8-11-18-5-2)22-15-9-12-19-6-3/h4-15H2,1-3H3. The predicted octanol–water partition coefficient (Wildman–Crippen LogP) is 2.30. The Bertz CT molecular complexity index is 175. The molecule has 0 fully saturated rings. The van der Waals surface area contributed by atoms with Gasteiger partial charge in [-0.3, -0.25) is 0 Å². The van der Waals surface area contributed by atoms with Gasteiger partial charge in [-0.15, -0.1) is 0 Å². The van der Waals surface area contributed by atoms with Crippen molar-refractivity contribution in [3.63, 3.8) is 0 Å². The second-order valence-electron chi connectivity index (χ2n) is 4.37. The Kier molecular flexibility index (Phi) is 19.6. The zero-order valence-corrected chi connectivity index (χ0v) is 16.3. The Labute approximate surface area is 141 Å². The first kappa shape index (κ1) is 22.3. The number of hydrogen-bond donors (Lipinski definition) is 0. The van der Waals surface area contributed by atoms with Crippen LogP contribution in [0.25, 0.3) is 0 Å². The van der Waals surface area contributed by atoms with Gasteiger partial charge in [-0.2, -0.15) is 0 Å². The van der Waals surface area contributed by atoms with E-state index in [2.05, 4.69) is 0 Å². The van der Waals surface area contributed by atoms with E-state index in [4.69, 9.17) is 25.4 Å². The Hall–Kier alpha value is 0.318. The Morgan fingerprint density at radius 3 is 1.09 bits per heavy atom. The van der Waals surface area contributed by atoms with Gasteiger partial charge in [0.1, 0.15) is 0 Å². The average molecular weight is 384 g/mol. The van der Waals surface area contributed by atoms with Gasteiger partial charge in [0.2, 0.25) is 0 Å². The molecule has 0 saturated heterocycles. The van der Waals surface area contributed by atoms with Crippen LogP contribution in [-0.4, -0.2) is 75.1 Å². The third kappa shape index (κ3) is 16.7. The van der Waals surface area contributed by atoms with E-state index in [1.54, 1.807) is 0 Å². The molecule has 0 atom stereocenters. The van der Waals surface area contributed by atoms with Crippen molar-refractivity contribution in [3.05, 3.63) is 0 Å². The van der Waals surface area contributed by atoms with Gasteiger partial charge < -0.3 is 0 Å². The molecule has 0 N–H and O–H groups in total. The van der Waals surface area contributed by atoms with Crippen LogP contribution in [0.15, 0.2) is 0 Å². The maximum atomic E-state index is 5.74. The van der Waals surface area contributed by atoms with E-state index in [9.17, 15) is 0 Å². The van der Waals surface area contributed by atoms with Crippen molar-refractivity contribution in [1.82, 2.24) is 0 Å².